The molecule has 0 aromatic heterocycles. The summed E-state index contributed by atoms with van der Waals surface area (Å²) in [7, 11) is 0. The SMILES string of the molecule is CC(C)(C)C[C@H]1N[C@@H](C(=O)NC2CCC(O)CC2)[C@H](c2cccc(Cl)c2)[C@@]12C(=O)Oc1cc(Cl)c(F)cc12. The van der Waals surface area contributed by atoms with Gasteiger partial charge in [0.25, 0.3) is 0 Å². The van der Waals surface area contributed by atoms with Crippen LogP contribution in [0.2, 0.25) is 10.0 Å². The number of hydrogen-bond acceptors (Lipinski definition) is 5. The van der Waals surface area contributed by atoms with Crippen molar-refractivity contribution in [2.45, 2.75) is 88.4 Å². The second kappa shape index (κ2) is 10.1. The van der Waals surface area contributed by atoms with E-state index in [9.17, 15) is 19.1 Å². The Hall–Kier alpha value is -2.19. The van der Waals surface area contributed by atoms with Crippen LogP contribution in [0.25, 0.3) is 0 Å². The lowest BCUT2D eigenvalue weighted by molar-refractivity contribution is -0.139. The lowest BCUT2D eigenvalue weighted by Crippen LogP contribution is -2.49. The number of amides is 1. The van der Waals surface area contributed by atoms with Crippen molar-refractivity contribution in [2.75, 3.05) is 0 Å². The molecule has 0 radical (unpaired) electrons. The minimum absolute atomic E-state index is 0.0793. The third-order valence-electron chi connectivity index (χ3n) is 8.11. The molecular formula is C29H33Cl2FN2O4. The maximum Gasteiger partial charge on any atom is 0.324 e. The van der Waals surface area contributed by atoms with E-state index in [4.69, 9.17) is 27.9 Å². The Morgan fingerprint density at radius 1 is 1.18 bits per heavy atom. The van der Waals surface area contributed by atoms with E-state index in [0.29, 0.717) is 48.3 Å². The van der Waals surface area contributed by atoms with Crippen molar-refractivity contribution in [3.05, 3.63) is 63.4 Å². The van der Waals surface area contributed by atoms with Gasteiger partial charge in [-0.15, -0.1) is 0 Å². The zero-order valence-electron chi connectivity index (χ0n) is 21.7. The van der Waals surface area contributed by atoms with Gasteiger partial charge in [-0.05, 0) is 61.3 Å². The lowest BCUT2D eigenvalue weighted by atomic mass is 9.62. The average molecular weight is 563 g/mol. The van der Waals surface area contributed by atoms with Gasteiger partial charge in [0.05, 0.1) is 17.2 Å². The number of benzene rings is 2. The molecule has 1 spiro atoms. The van der Waals surface area contributed by atoms with E-state index < -0.39 is 35.2 Å². The van der Waals surface area contributed by atoms with Gasteiger partial charge in [-0.3, -0.25) is 9.59 Å². The molecule has 1 aliphatic carbocycles. The van der Waals surface area contributed by atoms with E-state index in [2.05, 4.69) is 31.4 Å². The first-order chi connectivity index (χ1) is 17.9. The van der Waals surface area contributed by atoms with Gasteiger partial charge in [-0.2, -0.15) is 0 Å². The summed E-state index contributed by atoms with van der Waals surface area (Å²) < 4.78 is 20.7. The van der Waals surface area contributed by atoms with Crippen LogP contribution in [0, 0.1) is 11.2 Å². The van der Waals surface area contributed by atoms with E-state index in [1.165, 1.54) is 12.1 Å². The highest BCUT2D eigenvalue weighted by atomic mass is 35.5. The first-order valence-electron chi connectivity index (χ1n) is 13.1. The van der Waals surface area contributed by atoms with Crippen LogP contribution in [0.3, 0.4) is 0 Å². The predicted octanol–water partition coefficient (Wildman–Crippen LogP) is 5.27. The molecule has 2 aromatic rings. The Labute approximate surface area is 232 Å². The van der Waals surface area contributed by atoms with Crippen molar-refractivity contribution in [3.8, 4) is 5.75 Å². The molecule has 2 fully saturated rings. The lowest BCUT2D eigenvalue weighted by Gasteiger charge is -2.36. The normalized spacial score (nSPS) is 30.8. The second-order valence-corrected chi connectivity index (χ2v) is 12.9. The monoisotopic (exact) mass is 562 g/mol. The Morgan fingerprint density at radius 3 is 2.55 bits per heavy atom. The smallest absolute Gasteiger partial charge is 0.324 e. The quantitative estimate of drug-likeness (QED) is 0.349. The van der Waals surface area contributed by atoms with Gasteiger partial charge >= 0.3 is 5.97 Å². The van der Waals surface area contributed by atoms with Crippen LogP contribution in [0.15, 0.2) is 36.4 Å². The van der Waals surface area contributed by atoms with Crippen molar-refractivity contribution in [1.29, 1.82) is 0 Å². The molecule has 2 aromatic carbocycles. The Bertz CT molecular complexity index is 1260. The number of aliphatic hydroxyl groups excluding tert-OH is 1. The molecule has 3 N–H and O–H groups in total. The number of rotatable bonds is 4. The van der Waals surface area contributed by atoms with Crippen LogP contribution < -0.4 is 15.4 Å². The summed E-state index contributed by atoms with van der Waals surface area (Å²) in [6.07, 6.45) is 2.76. The van der Waals surface area contributed by atoms with Crippen LogP contribution in [-0.2, 0) is 15.0 Å². The zero-order valence-corrected chi connectivity index (χ0v) is 23.2. The van der Waals surface area contributed by atoms with E-state index >= 15 is 0 Å². The molecule has 38 heavy (non-hydrogen) atoms. The summed E-state index contributed by atoms with van der Waals surface area (Å²) >= 11 is 12.5. The number of nitrogens with one attached hydrogen (secondary N) is 2. The summed E-state index contributed by atoms with van der Waals surface area (Å²) in [6, 6.07) is 8.29. The molecule has 2 aliphatic heterocycles. The zero-order chi connectivity index (χ0) is 27.4. The maximum absolute atomic E-state index is 15.0. The predicted molar refractivity (Wildman–Crippen MR) is 144 cm³/mol. The molecule has 204 valence electrons. The third kappa shape index (κ3) is 4.83. The Kier molecular flexibility index (Phi) is 7.27. The first-order valence-corrected chi connectivity index (χ1v) is 13.9. The number of ether oxygens (including phenoxy) is 1. The standard InChI is InChI=1S/C29H33Cl2FN2O4/c1-28(2,3)14-23-29(19-12-21(32)20(31)13-22(19)38-27(29)37)24(15-5-4-6-16(30)11-15)25(34-23)26(36)33-17-7-9-18(35)10-8-17/h4-6,11-13,17-18,23-25,34-35H,7-10,14H2,1-3H3,(H,33,36)/t17?,18?,23-,24+,25-,29+/m1/s1. The van der Waals surface area contributed by atoms with Crippen molar-refractivity contribution in [2.24, 2.45) is 5.41 Å². The Balaban J connectivity index is 1.66. The van der Waals surface area contributed by atoms with E-state index in [0.717, 1.165) is 0 Å². The highest BCUT2D eigenvalue weighted by Crippen LogP contribution is 2.57. The van der Waals surface area contributed by atoms with Gasteiger partial charge in [-0.25, -0.2) is 4.39 Å². The van der Waals surface area contributed by atoms with Crippen LogP contribution in [-0.4, -0.2) is 41.2 Å². The fourth-order valence-corrected chi connectivity index (χ4v) is 6.86. The van der Waals surface area contributed by atoms with Crippen LogP contribution >= 0.6 is 23.2 Å². The fraction of sp³-hybridized carbons (Fsp3) is 0.517. The number of halogens is 3. The highest BCUT2D eigenvalue weighted by molar-refractivity contribution is 6.31. The molecule has 1 amide bonds. The molecule has 6 nitrogen and oxygen atoms in total. The highest BCUT2D eigenvalue weighted by Gasteiger charge is 2.67. The number of carbonyl (C=O) groups is 2. The van der Waals surface area contributed by atoms with Crippen molar-refractivity contribution in [3.63, 3.8) is 0 Å². The topological polar surface area (TPSA) is 87.7 Å². The number of carbonyl (C=O) groups excluding carboxylic acids is 2. The first kappa shape index (κ1) is 27.4. The number of aliphatic hydroxyl groups is 1. The maximum atomic E-state index is 15.0. The third-order valence-corrected chi connectivity index (χ3v) is 8.64. The van der Waals surface area contributed by atoms with E-state index in [-0.39, 0.29) is 34.2 Å². The molecule has 3 aliphatic rings. The van der Waals surface area contributed by atoms with E-state index in [1.54, 1.807) is 18.2 Å². The average Bonchev–Trinajstić information content (AvgIpc) is 3.30. The molecule has 5 rings (SSSR count). The number of fused-ring (bicyclic) bond motifs is 2. The summed E-state index contributed by atoms with van der Waals surface area (Å²) in [5, 5.41) is 16.9. The van der Waals surface area contributed by atoms with Gasteiger partial charge < -0.3 is 20.5 Å². The second-order valence-electron chi connectivity index (χ2n) is 12.0. The molecule has 4 atom stereocenters. The van der Waals surface area contributed by atoms with Crippen molar-refractivity contribution in [1.82, 2.24) is 10.6 Å². The molecular weight excluding hydrogens is 530 g/mol. The molecule has 0 unspecified atom stereocenters. The summed E-state index contributed by atoms with van der Waals surface area (Å²) in [4.78, 5) is 28.0. The van der Waals surface area contributed by atoms with E-state index in [1.807, 2.05) is 6.07 Å². The molecule has 2 heterocycles. The van der Waals surface area contributed by atoms with Crippen LogP contribution in [0.1, 0.15) is 69.9 Å². The largest absolute Gasteiger partial charge is 0.425 e. The van der Waals surface area contributed by atoms with Crippen LogP contribution in [0.4, 0.5) is 4.39 Å². The fourth-order valence-electron chi connectivity index (χ4n) is 6.50. The van der Waals surface area contributed by atoms with Crippen LogP contribution in [0.5, 0.6) is 5.75 Å². The minimum Gasteiger partial charge on any atom is -0.425 e. The summed E-state index contributed by atoms with van der Waals surface area (Å²) in [5.41, 5.74) is -0.556. The molecule has 0 bridgehead atoms. The van der Waals surface area contributed by atoms with Gasteiger partial charge in [0, 0.05) is 34.7 Å². The minimum atomic E-state index is -1.39. The van der Waals surface area contributed by atoms with Gasteiger partial charge in [0.1, 0.15) is 17.0 Å². The summed E-state index contributed by atoms with van der Waals surface area (Å²) in [6.45, 7) is 6.17. The van der Waals surface area contributed by atoms with Gasteiger partial charge in [0.15, 0.2) is 0 Å². The Morgan fingerprint density at radius 2 is 1.89 bits per heavy atom. The molecule has 9 heteroatoms. The molecule has 1 saturated carbocycles. The van der Waals surface area contributed by atoms with Gasteiger partial charge in [0.2, 0.25) is 5.91 Å². The molecule has 1 saturated heterocycles. The van der Waals surface area contributed by atoms with Gasteiger partial charge in [-0.1, -0.05) is 56.1 Å². The van der Waals surface area contributed by atoms with Crippen molar-refractivity contribution < 1.29 is 23.8 Å². The van der Waals surface area contributed by atoms with Crippen molar-refractivity contribution >= 4 is 35.1 Å². The number of esters is 1. The summed E-state index contributed by atoms with van der Waals surface area (Å²) in [5.74, 6) is -1.97. The number of hydrogen-bond donors (Lipinski definition) is 3.